The molecule has 0 amide bonds. The summed E-state index contributed by atoms with van der Waals surface area (Å²) in [6, 6.07) is 16.4. The van der Waals surface area contributed by atoms with Gasteiger partial charge in [0, 0.05) is 17.7 Å². The monoisotopic (exact) mass is 322 g/mol. The number of ether oxygens (including phenoxy) is 2. The summed E-state index contributed by atoms with van der Waals surface area (Å²) >= 11 is 0. The van der Waals surface area contributed by atoms with Gasteiger partial charge >= 0.3 is 0 Å². The lowest BCUT2D eigenvalue weighted by molar-refractivity contribution is 0.110. The maximum absolute atomic E-state index is 5.60. The highest BCUT2D eigenvalue weighted by Crippen LogP contribution is 2.12. The van der Waals surface area contributed by atoms with E-state index in [0.717, 1.165) is 29.9 Å². The molecule has 2 heteroatoms. The predicted octanol–water partition coefficient (Wildman–Crippen LogP) is 4.84. The van der Waals surface area contributed by atoms with Crippen molar-refractivity contribution in [2.75, 3.05) is 19.8 Å². The Kier molecular flexibility index (Phi) is 7.93. The summed E-state index contributed by atoms with van der Waals surface area (Å²) in [5.74, 6) is 7.26. The molecule has 0 aliphatic rings. The fourth-order valence-electron chi connectivity index (χ4n) is 2.28. The average molecular weight is 322 g/mol. The predicted molar refractivity (Wildman–Crippen MR) is 99.5 cm³/mol. The quantitative estimate of drug-likeness (QED) is 0.511. The first kappa shape index (κ1) is 18.1. The van der Waals surface area contributed by atoms with Gasteiger partial charge in [-0.15, -0.1) is 0 Å². The van der Waals surface area contributed by atoms with Gasteiger partial charge < -0.3 is 9.47 Å². The van der Waals surface area contributed by atoms with Gasteiger partial charge in [-0.2, -0.15) is 0 Å². The molecule has 0 heterocycles. The molecule has 0 unspecified atom stereocenters. The Morgan fingerprint density at radius 3 is 2.00 bits per heavy atom. The lowest BCUT2D eigenvalue weighted by Gasteiger charge is -2.05. The van der Waals surface area contributed by atoms with Gasteiger partial charge in [0.25, 0.3) is 0 Å². The van der Waals surface area contributed by atoms with E-state index < -0.39 is 0 Å². The smallest absolute Gasteiger partial charge is 0.119 e. The van der Waals surface area contributed by atoms with Gasteiger partial charge in [0.1, 0.15) is 12.4 Å². The molecule has 0 aliphatic heterocycles. The molecular weight excluding hydrogens is 296 g/mol. The van der Waals surface area contributed by atoms with Gasteiger partial charge in [0.15, 0.2) is 0 Å². The summed E-state index contributed by atoms with van der Waals surface area (Å²) in [5, 5.41) is 0. The largest absolute Gasteiger partial charge is 0.491 e. The van der Waals surface area contributed by atoms with Crippen molar-refractivity contribution in [3.8, 4) is 17.6 Å². The molecule has 0 bridgehead atoms. The summed E-state index contributed by atoms with van der Waals surface area (Å²) in [6.07, 6.45) is 3.62. The topological polar surface area (TPSA) is 18.5 Å². The number of hydrogen-bond acceptors (Lipinski definition) is 2. The fraction of sp³-hybridized carbons (Fsp3) is 0.364. The van der Waals surface area contributed by atoms with Crippen LogP contribution in [0.15, 0.2) is 48.5 Å². The molecule has 0 aliphatic carbocycles. The molecular formula is C22H26O2. The van der Waals surface area contributed by atoms with E-state index in [1.54, 1.807) is 0 Å². The van der Waals surface area contributed by atoms with E-state index in [-0.39, 0.29) is 0 Å². The van der Waals surface area contributed by atoms with Crippen LogP contribution >= 0.6 is 0 Å². The molecule has 2 aromatic carbocycles. The van der Waals surface area contributed by atoms with Gasteiger partial charge in [-0.25, -0.2) is 0 Å². The first-order valence-corrected chi connectivity index (χ1v) is 8.73. The Morgan fingerprint density at radius 2 is 1.42 bits per heavy atom. The number of rotatable bonds is 8. The summed E-state index contributed by atoms with van der Waals surface area (Å²) in [4.78, 5) is 0. The zero-order valence-corrected chi connectivity index (χ0v) is 14.7. The van der Waals surface area contributed by atoms with Crippen LogP contribution < -0.4 is 4.74 Å². The van der Waals surface area contributed by atoms with Crippen LogP contribution in [0.1, 0.15) is 43.4 Å². The van der Waals surface area contributed by atoms with Crippen LogP contribution in [0.2, 0.25) is 0 Å². The van der Waals surface area contributed by atoms with E-state index in [0.29, 0.717) is 13.2 Å². The lowest BCUT2D eigenvalue weighted by atomic mass is 10.1. The molecule has 0 saturated carbocycles. The Morgan fingerprint density at radius 1 is 0.792 bits per heavy atom. The second kappa shape index (κ2) is 10.5. The third kappa shape index (κ3) is 6.48. The molecule has 0 N–H and O–H groups in total. The Balaban J connectivity index is 1.88. The van der Waals surface area contributed by atoms with Gasteiger partial charge in [0.05, 0.1) is 6.61 Å². The SMILES string of the molecule is CCCCc1ccc(C#Cc2ccc(OCCOCC)cc2)cc1. The fourth-order valence-corrected chi connectivity index (χ4v) is 2.28. The van der Waals surface area contributed by atoms with Crippen LogP contribution in [0, 0.1) is 11.8 Å². The molecule has 24 heavy (non-hydrogen) atoms. The molecule has 0 radical (unpaired) electrons. The number of benzene rings is 2. The highest BCUT2D eigenvalue weighted by Gasteiger charge is 1.95. The van der Waals surface area contributed by atoms with Crippen molar-refractivity contribution in [1.82, 2.24) is 0 Å². The van der Waals surface area contributed by atoms with Crippen molar-refractivity contribution in [2.45, 2.75) is 33.1 Å². The zero-order valence-electron chi connectivity index (χ0n) is 14.7. The van der Waals surface area contributed by atoms with Gasteiger partial charge in [-0.1, -0.05) is 37.3 Å². The van der Waals surface area contributed by atoms with Crippen LogP contribution in [0.25, 0.3) is 0 Å². The lowest BCUT2D eigenvalue weighted by Crippen LogP contribution is -2.06. The van der Waals surface area contributed by atoms with Crippen LogP contribution in [0.3, 0.4) is 0 Å². The molecule has 0 aromatic heterocycles. The second-order valence-corrected chi connectivity index (χ2v) is 5.62. The molecule has 126 valence electrons. The minimum atomic E-state index is 0.573. The van der Waals surface area contributed by atoms with Gasteiger partial charge in [-0.3, -0.25) is 0 Å². The summed E-state index contributed by atoms with van der Waals surface area (Å²) < 4.78 is 10.8. The van der Waals surface area contributed by atoms with Crippen LogP contribution in [0.5, 0.6) is 5.75 Å². The second-order valence-electron chi connectivity index (χ2n) is 5.62. The van der Waals surface area contributed by atoms with Crippen molar-refractivity contribution >= 4 is 0 Å². The zero-order chi connectivity index (χ0) is 17.0. The van der Waals surface area contributed by atoms with Gasteiger partial charge in [0.2, 0.25) is 0 Å². The van der Waals surface area contributed by atoms with E-state index in [2.05, 4.69) is 43.0 Å². The van der Waals surface area contributed by atoms with E-state index in [1.807, 2.05) is 31.2 Å². The molecule has 0 spiro atoms. The van der Waals surface area contributed by atoms with Crippen molar-refractivity contribution in [1.29, 1.82) is 0 Å². The summed E-state index contributed by atoms with van der Waals surface area (Å²) in [6.45, 7) is 6.11. The number of hydrogen-bond donors (Lipinski definition) is 0. The van der Waals surface area contributed by atoms with Gasteiger partial charge in [-0.05, 0) is 61.7 Å². The standard InChI is InChI=1S/C22H26O2/c1-3-5-6-19-7-9-20(10-8-19)11-12-21-13-15-22(16-14-21)24-18-17-23-4-2/h7-10,13-16H,3-6,17-18H2,1-2H3. The molecule has 0 saturated heterocycles. The number of unbranched alkanes of at least 4 members (excludes halogenated alkanes) is 1. The van der Waals surface area contributed by atoms with E-state index in [4.69, 9.17) is 9.47 Å². The van der Waals surface area contributed by atoms with Crippen molar-refractivity contribution < 1.29 is 9.47 Å². The van der Waals surface area contributed by atoms with Crippen LogP contribution in [-0.2, 0) is 11.2 Å². The molecule has 0 atom stereocenters. The summed E-state index contributed by atoms with van der Waals surface area (Å²) in [5.41, 5.74) is 3.42. The first-order valence-electron chi connectivity index (χ1n) is 8.73. The van der Waals surface area contributed by atoms with E-state index >= 15 is 0 Å². The third-order valence-electron chi connectivity index (χ3n) is 3.68. The van der Waals surface area contributed by atoms with E-state index in [1.165, 1.54) is 18.4 Å². The summed E-state index contributed by atoms with van der Waals surface area (Å²) in [7, 11) is 0. The highest BCUT2D eigenvalue weighted by atomic mass is 16.5. The maximum Gasteiger partial charge on any atom is 0.119 e. The van der Waals surface area contributed by atoms with Crippen molar-refractivity contribution in [2.24, 2.45) is 0 Å². The molecule has 2 rings (SSSR count). The Labute approximate surface area is 145 Å². The first-order chi connectivity index (χ1) is 11.8. The molecule has 2 aromatic rings. The normalized spacial score (nSPS) is 10.1. The molecule has 0 fully saturated rings. The highest BCUT2D eigenvalue weighted by molar-refractivity contribution is 5.44. The number of aryl methyl sites for hydroxylation is 1. The maximum atomic E-state index is 5.60. The average Bonchev–Trinajstić information content (AvgIpc) is 2.64. The molecule has 2 nitrogen and oxygen atoms in total. The van der Waals surface area contributed by atoms with E-state index in [9.17, 15) is 0 Å². The Bertz CT molecular complexity index is 645. The minimum absolute atomic E-state index is 0.573. The van der Waals surface area contributed by atoms with Crippen molar-refractivity contribution in [3.63, 3.8) is 0 Å². The van der Waals surface area contributed by atoms with Crippen molar-refractivity contribution in [3.05, 3.63) is 65.2 Å². The van der Waals surface area contributed by atoms with Crippen LogP contribution in [0.4, 0.5) is 0 Å². The minimum Gasteiger partial charge on any atom is -0.491 e. The Hall–Kier alpha value is -2.24. The van der Waals surface area contributed by atoms with Crippen LogP contribution in [-0.4, -0.2) is 19.8 Å². The third-order valence-corrected chi connectivity index (χ3v) is 3.68.